The summed E-state index contributed by atoms with van der Waals surface area (Å²) in [5.74, 6) is -0.165. The number of fused-ring (bicyclic) bond motifs is 2. The van der Waals surface area contributed by atoms with Crippen molar-refractivity contribution < 1.29 is 14.6 Å². The first-order valence-corrected chi connectivity index (χ1v) is 10.7. The van der Waals surface area contributed by atoms with Crippen molar-refractivity contribution in [3.63, 3.8) is 0 Å². The Balaban J connectivity index is 1.39. The van der Waals surface area contributed by atoms with Crippen molar-refractivity contribution >= 4 is 23.3 Å². The number of carboxylic acids is 1. The molecule has 1 spiro atoms. The van der Waals surface area contributed by atoms with Crippen molar-refractivity contribution in [2.24, 2.45) is 0 Å². The highest BCUT2D eigenvalue weighted by Crippen LogP contribution is 2.45. The molecule has 0 amide bonds. The third-order valence-corrected chi connectivity index (χ3v) is 6.84. The van der Waals surface area contributed by atoms with E-state index >= 15 is 0 Å². The molecule has 2 N–H and O–H groups in total. The zero-order valence-electron chi connectivity index (χ0n) is 16.1. The average molecular weight is 403 g/mol. The first kappa shape index (κ1) is 19.3. The molecule has 8 heteroatoms. The van der Waals surface area contributed by atoms with Gasteiger partial charge in [0.15, 0.2) is 0 Å². The van der Waals surface area contributed by atoms with Gasteiger partial charge < -0.3 is 15.2 Å². The minimum atomic E-state index is -0.844. The maximum absolute atomic E-state index is 11.4. The van der Waals surface area contributed by atoms with E-state index in [-0.39, 0.29) is 5.60 Å². The van der Waals surface area contributed by atoms with E-state index in [2.05, 4.69) is 27.1 Å². The second-order valence-electron chi connectivity index (χ2n) is 7.48. The predicted octanol–water partition coefficient (Wildman–Crippen LogP) is 3.12. The monoisotopic (exact) mass is 402 g/mol. The highest BCUT2D eigenvalue weighted by Gasteiger charge is 2.42. The van der Waals surface area contributed by atoms with Crippen molar-refractivity contribution in [3.05, 3.63) is 39.3 Å². The van der Waals surface area contributed by atoms with Crippen LogP contribution in [0.15, 0.2) is 18.5 Å². The SMILES string of the molecule is CCCNc1ncc(CN2CCC3(CC2)OCCc2cc(C(=O)O)sc23)cn1. The highest BCUT2D eigenvalue weighted by molar-refractivity contribution is 7.14. The number of nitrogens with one attached hydrogen (secondary N) is 1. The van der Waals surface area contributed by atoms with Crippen LogP contribution in [0.25, 0.3) is 0 Å². The molecule has 0 saturated carbocycles. The normalized spacial score (nSPS) is 18.8. The van der Waals surface area contributed by atoms with Gasteiger partial charge in [-0.3, -0.25) is 4.90 Å². The van der Waals surface area contributed by atoms with Crippen LogP contribution in [0.2, 0.25) is 0 Å². The van der Waals surface area contributed by atoms with E-state index < -0.39 is 5.97 Å². The zero-order chi connectivity index (χ0) is 19.6. The van der Waals surface area contributed by atoms with Crippen LogP contribution >= 0.6 is 11.3 Å². The maximum atomic E-state index is 11.4. The number of likely N-dealkylation sites (tertiary alicyclic amines) is 1. The average Bonchev–Trinajstić information content (AvgIpc) is 3.16. The number of aromatic nitrogens is 2. The van der Waals surface area contributed by atoms with Gasteiger partial charge in [0.05, 0.1) is 6.61 Å². The number of anilines is 1. The molecule has 0 aromatic carbocycles. The molecule has 0 bridgehead atoms. The second-order valence-corrected chi connectivity index (χ2v) is 8.53. The van der Waals surface area contributed by atoms with Crippen LogP contribution in [-0.4, -0.2) is 52.2 Å². The molecular formula is C20H26N4O3S. The number of hydrogen-bond donors (Lipinski definition) is 2. The van der Waals surface area contributed by atoms with E-state index in [1.165, 1.54) is 11.3 Å². The summed E-state index contributed by atoms with van der Waals surface area (Å²) in [4.78, 5) is 24.1. The van der Waals surface area contributed by atoms with Gasteiger partial charge in [0, 0.05) is 49.0 Å². The number of rotatable bonds is 6. The standard InChI is InChI=1S/C20H26N4O3S/c1-2-6-21-19-22-11-14(12-23-19)13-24-7-4-20(5-8-24)17-15(3-9-27-20)10-16(28-17)18(25)26/h10-12H,2-9,13H2,1H3,(H,25,26)(H,21,22,23). The van der Waals surface area contributed by atoms with Crippen molar-refractivity contribution in [1.29, 1.82) is 0 Å². The van der Waals surface area contributed by atoms with Crippen LogP contribution in [-0.2, 0) is 23.3 Å². The minimum absolute atomic E-state index is 0.313. The third kappa shape index (κ3) is 3.90. The third-order valence-electron chi connectivity index (χ3n) is 5.49. The van der Waals surface area contributed by atoms with Gasteiger partial charge in [-0.15, -0.1) is 11.3 Å². The lowest BCUT2D eigenvalue weighted by molar-refractivity contribution is -0.0960. The predicted molar refractivity (Wildman–Crippen MR) is 108 cm³/mol. The first-order chi connectivity index (χ1) is 13.6. The fraction of sp³-hybridized carbons (Fsp3) is 0.550. The molecule has 2 aromatic heterocycles. The van der Waals surface area contributed by atoms with Crippen LogP contribution in [0.1, 0.15) is 51.9 Å². The van der Waals surface area contributed by atoms with E-state index in [4.69, 9.17) is 4.74 Å². The van der Waals surface area contributed by atoms with E-state index in [0.717, 1.165) is 67.9 Å². The Bertz CT molecular complexity index is 828. The largest absolute Gasteiger partial charge is 0.477 e. The fourth-order valence-corrected chi connectivity index (χ4v) is 5.24. The van der Waals surface area contributed by atoms with Gasteiger partial charge in [0.25, 0.3) is 0 Å². The molecule has 0 unspecified atom stereocenters. The summed E-state index contributed by atoms with van der Waals surface area (Å²) < 4.78 is 6.24. The Labute approximate surface area is 168 Å². The number of carbonyl (C=O) groups is 1. The molecule has 2 aliphatic heterocycles. The van der Waals surface area contributed by atoms with E-state index in [0.29, 0.717) is 17.4 Å². The maximum Gasteiger partial charge on any atom is 0.345 e. The van der Waals surface area contributed by atoms with Crippen LogP contribution in [0.3, 0.4) is 0 Å². The minimum Gasteiger partial charge on any atom is -0.477 e. The summed E-state index contributed by atoms with van der Waals surface area (Å²) in [6.45, 7) is 6.31. The number of hydrogen-bond acceptors (Lipinski definition) is 7. The summed E-state index contributed by atoms with van der Waals surface area (Å²) in [6.07, 6.45) is 7.40. The van der Waals surface area contributed by atoms with E-state index in [1.807, 2.05) is 18.5 Å². The molecule has 2 aromatic rings. The molecule has 7 nitrogen and oxygen atoms in total. The van der Waals surface area contributed by atoms with Gasteiger partial charge >= 0.3 is 5.97 Å². The number of piperidine rings is 1. The molecule has 0 aliphatic carbocycles. The van der Waals surface area contributed by atoms with Gasteiger partial charge in [-0.05, 0) is 37.3 Å². The molecule has 0 atom stereocenters. The summed E-state index contributed by atoms with van der Waals surface area (Å²) in [6, 6.07) is 1.84. The summed E-state index contributed by atoms with van der Waals surface area (Å²) in [7, 11) is 0. The van der Waals surface area contributed by atoms with E-state index in [9.17, 15) is 9.90 Å². The van der Waals surface area contributed by atoms with Crippen LogP contribution in [0.5, 0.6) is 0 Å². The lowest BCUT2D eigenvalue weighted by Crippen LogP contribution is -2.45. The topological polar surface area (TPSA) is 87.6 Å². The molecule has 28 heavy (non-hydrogen) atoms. The van der Waals surface area contributed by atoms with Gasteiger partial charge in [-0.1, -0.05) is 6.92 Å². The number of aromatic carboxylic acids is 1. The number of thiophene rings is 1. The van der Waals surface area contributed by atoms with Gasteiger partial charge in [0.2, 0.25) is 5.95 Å². The summed E-state index contributed by atoms with van der Waals surface area (Å²) in [5, 5.41) is 12.5. The lowest BCUT2D eigenvalue weighted by Gasteiger charge is -2.43. The van der Waals surface area contributed by atoms with E-state index in [1.54, 1.807) is 0 Å². The van der Waals surface area contributed by atoms with Crippen molar-refractivity contribution in [1.82, 2.24) is 14.9 Å². The van der Waals surface area contributed by atoms with Crippen molar-refractivity contribution in [3.8, 4) is 0 Å². The highest BCUT2D eigenvalue weighted by atomic mass is 32.1. The number of ether oxygens (including phenoxy) is 1. The molecule has 2 aliphatic rings. The van der Waals surface area contributed by atoms with Gasteiger partial charge in [0.1, 0.15) is 10.5 Å². The fourth-order valence-electron chi connectivity index (χ4n) is 3.99. The van der Waals surface area contributed by atoms with Crippen molar-refractivity contribution in [2.45, 2.75) is 44.8 Å². The van der Waals surface area contributed by atoms with Crippen LogP contribution in [0.4, 0.5) is 5.95 Å². The molecule has 150 valence electrons. The zero-order valence-corrected chi connectivity index (χ0v) is 16.9. The Morgan fingerprint density at radius 2 is 2.11 bits per heavy atom. The molecule has 0 radical (unpaired) electrons. The van der Waals surface area contributed by atoms with Crippen LogP contribution in [0, 0.1) is 0 Å². The Morgan fingerprint density at radius 3 is 2.79 bits per heavy atom. The molecule has 1 fully saturated rings. The second kappa shape index (κ2) is 8.14. The summed E-state index contributed by atoms with van der Waals surface area (Å²) >= 11 is 1.39. The Hall–Kier alpha value is -2.03. The number of nitrogens with zero attached hydrogens (tertiary/aromatic N) is 3. The summed E-state index contributed by atoms with van der Waals surface area (Å²) in [5.41, 5.74) is 1.95. The molecular weight excluding hydrogens is 376 g/mol. The molecule has 4 heterocycles. The van der Waals surface area contributed by atoms with Crippen LogP contribution < -0.4 is 5.32 Å². The first-order valence-electron chi connectivity index (χ1n) is 9.87. The Morgan fingerprint density at radius 1 is 1.36 bits per heavy atom. The molecule has 1 saturated heterocycles. The van der Waals surface area contributed by atoms with Gasteiger partial charge in [-0.2, -0.15) is 0 Å². The van der Waals surface area contributed by atoms with Crippen molar-refractivity contribution in [2.75, 3.05) is 31.6 Å². The quantitative estimate of drug-likeness (QED) is 0.767. The molecule has 4 rings (SSSR count). The number of carboxylic acid groups (broad SMARTS) is 1. The Kier molecular flexibility index (Phi) is 5.61. The van der Waals surface area contributed by atoms with Gasteiger partial charge in [-0.25, -0.2) is 14.8 Å². The smallest absolute Gasteiger partial charge is 0.345 e. The lowest BCUT2D eigenvalue weighted by atomic mass is 9.85.